The molecule has 82 valence electrons. The molecule has 1 heteroatoms. The van der Waals surface area contributed by atoms with Gasteiger partial charge in [-0.05, 0) is 25.8 Å². The lowest BCUT2D eigenvalue weighted by atomic mass is 9.86. The average Bonchev–Trinajstić information content (AvgIpc) is 2.16. The van der Waals surface area contributed by atoms with Gasteiger partial charge < -0.3 is 0 Å². The number of Topliss-reactive ketones (excluding diaryl/α,β-unsaturated/α-hetero) is 1. The van der Waals surface area contributed by atoms with Gasteiger partial charge in [0.05, 0.1) is 0 Å². The lowest BCUT2D eigenvalue weighted by Crippen LogP contribution is -2.08. The Hall–Kier alpha value is -1.37. The summed E-state index contributed by atoms with van der Waals surface area (Å²) in [4.78, 5) is 11.4. The van der Waals surface area contributed by atoms with Gasteiger partial charge in [0.2, 0.25) is 0 Å². The molecule has 0 aromatic carbocycles. The van der Waals surface area contributed by atoms with E-state index in [4.69, 9.17) is 0 Å². The van der Waals surface area contributed by atoms with Crippen LogP contribution in [0.2, 0.25) is 0 Å². The fraction of sp³-hybridized carbons (Fsp3) is 0.357. The Morgan fingerprint density at radius 3 is 2.00 bits per heavy atom. The van der Waals surface area contributed by atoms with Gasteiger partial charge in [0, 0.05) is 11.5 Å². The van der Waals surface area contributed by atoms with Crippen molar-refractivity contribution in [1.82, 2.24) is 0 Å². The molecule has 0 aromatic rings. The molecule has 0 fully saturated rings. The third-order valence-corrected chi connectivity index (χ3v) is 2.49. The second-order valence-electron chi connectivity index (χ2n) is 3.64. The van der Waals surface area contributed by atoms with E-state index in [2.05, 4.69) is 26.7 Å². The van der Waals surface area contributed by atoms with Crippen molar-refractivity contribution >= 4 is 5.78 Å². The molecular formula is C14H20O. The number of carbonyl (C=O) groups excluding carboxylic acids is 1. The Morgan fingerprint density at radius 2 is 1.80 bits per heavy atom. The number of carbonyl (C=O) groups is 1. The Labute approximate surface area is 92.9 Å². The van der Waals surface area contributed by atoms with Crippen molar-refractivity contribution < 1.29 is 4.79 Å². The van der Waals surface area contributed by atoms with Crippen LogP contribution in [-0.4, -0.2) is 5.78 Å². The first-order valence-corrected chi connectivity index (χ1v) is 5.14. The monoisotopic (exact) mass is 204 g/mol. The minimum absolute atomic E-state index is 0.0274. The summed E-state index contributed by atoms with van der Waals surface area (Å²) in [6, 6.07) is 0. The molecule has 0 heterocycles. The molecule has 0 saturated heterocycles. The van der Waals surface area contributed by atoms with Crippen molar-refractivity contribution in [3.05, 3.63) is 48.6 Å². The lowest BCUT2D eigenvalue weighted by molar-refractivity contribution is -0.113. The van der Waals surface area contributed by atoms with Gasteiger partial charge >= 0.3 is 0 Å². The van der Waals surface area contributed by atoms with Crippen LogP contribution in [0.1, 0.15) is 27.2 Å². The van der Waals surface area contributed by atoms with Crippen LogP contribution in [0, 0.1) is 5.92 Å². The Balaban J connectivity index is 5.52. The summed E-state index contributed by atoms with van der Waals surface area (Å²) < 4.78 is 0. The molecule has 0 aliphatic rings. The van der Waals surface area contributed by atoms with Gasteiger partial charge in [-0.25, -0.2) is 0 Å². The summed E-state index contributed by atoms with van der Waals surface area (Å²) in [5.74, 6) is 0.221. The largest absolute Gasteiger partial charge is 0.295 e. The molecule has 0 bridgehead atoms. The first-order valence-electron chi connectivity index (χ1n) is 5.14. The zero-order chi connectivity index (χ0) is 12.0. The summed E-state index contributed by atoms with van der Waals surface area (Å²) in [6.45, 7) is 17.0. The molecule has 0 N–H and O–H groups in total. The van der Waals surface area contributed by atoms with Crippen LogP contribution in [-0.2, 0) is 4.79 Å². The van der Waals surface area contributed by atoms with E-state index in [0.29, 0.717) is 5.57 Å². The molecule has 0 radical (unpaired) electrons. The van der Waals surface area contributed by atoms with Gasteiger partial charge in [-0.2, -0.15) is 0 Å². The zero-order valence-electron chi connectivity index (χ0n) is 9.97. The average molecular weight is 204 g/mol. The molecule has 0 amide bonds. The smallest absolute Gasteiger partial charge is 0.160 e. The quantitative estimate of drug-likeness (QED) is 0.365. The second-order valence-corrected chi connectivity index (χ2v) is 3.64. The van der Waals surface area contributed by atoms with Crippen molar-refractivity contribution in [2.75, 3.05) is 0 Å². The number of allylic oxidation sites excluding steroid dienone is 5. The molecule has 0 rings (SSSR count). The fourth-order valence-corrected chi connectivity index (χ4v) is 1.74. The third-order valence-electron chi connectivity index (χ3n) is 2.49. The molecule has 0 aliphatic carbocycles. The number of hydrogen-bond donors (Lipinski definition) is 0. The normalized spacial score (nSPS) is 13.8. The highest BCUT2D eigenvalue weighted by Crippen LogP contribution is 2.26. The second kappa shape index (κ2) is 6.18. The molecule has 1 nitrogen and oxygen atoms in total. The van der Waals surface area contributed by atoms with E-state index in [9.17, 15) is 4.79 Å². The Morgan fingerprint density at radius 1 is 1.27 bits per heavy atom. The van der Waals surface area contributed by atoms with Crippen LogP contribution in [0.25, 0.3) is 0 Å². The van der Waals surface area contributed by atoms with E-state index in [-0.39, 0.29) is 11.7 Å². The van der Waals surface area contributed by atoms with Crippen LogP contribution in [0.4, 0.5) is 0 Å². The maximum Gasteiger partial charge on any atom is 0.160 e. The highest BCUT2D eigenvalue weighted by Gasteiger charge is 2.15. The van der Waals surface area contributed by atoms with Crippen molar-refractivity contribution in [3.63, 3.8) is 0 Å². The highest BCUT2D eigenvalue weighted by atomic mass is 16.1. The predicted molar refractivity (Wildman–Crippen MR) is 66.7 cm³/mol. The van der Waals surface area contributed by atoms with Gasteiger partial charge in [0.15, 0.2) is 5.78 Å². The van der Waals surface area contributed by atoms with Crippen molar-refractivity contribution in [1.29, 1.82) is 0 Å². The Bertz CT molecular complexity index is 318. The first kappa shape index (κ1) is 13.6. The first-order chi connectivity index (χ1) is 6.99. The van der Waals surface area contributed by atoms with E-state index in [1.165, 1.54) is 0 Å². The van der Waals surface area contributed by atoms with Crippen LogP contribution in [0.3, 0.4) is 0 Å². The van der Waals surface area contributed by atoms with E-state index >= 15 is 0 Å². The topological polar surface area (TPSA) is 17.1 Å². The molecule has 1 unspecified atom stereocenters. The SMILES string of the molecule is C=C/C(C(C)=O)=C(\C=C)C(CC)C(=C)C. The van der Waals surface area contributed by atoms with Crippen LogP contribution in [0.5, 0.6) is 0 Å². The van der Waals surface area contributed by atoms with Gasteiger partial charge in [-0.1, -0.05) is 44.4 Å². The standard InChI is InChI=1S/C14H20O/c1-7-12(10(4)5)14(9-3)13(8-2)11(6)15/h8-9,12H,2-4,7H2,1,5-6H3/b14-13-. The number of ketones is 1. The fourth-order valence-electron chi connectivity index (χ4n) is 1.74. The molecule has 0 aromatic heterocycles. The number of hydrogen-bond acceptors (Lipinski definition) is 1. The maximum absolute atomic E-state index is 11.4. The van der Waals surface area contributed by atoms with Crippen LogP contribution in [0.15, 0.2) is 48.6 Å². The zero-order valence-corrected chi connectivity index (χ0v) is 9.97. The molecule has 0 spiro atoms. The summed E-state index contributed by atoms with van der Waals surface area (Å²) in [5.41, 5.74) is 2.64. The summed E-state index contributed by atoms with van der Waals surface area (Å²) in [6.07, 6.45) is 4.26. The van der Waals surface area contributed by atoms with Crippen LogP contribution >= 0.6 is 0 Å². The van der Waals surface area contributed by atoms with Gasteiger partial charge in [-0.15, -0.1) is 0 Å². The number of rotatable bonds is 6. The minimum atomic E-state index is 0.0274. The van der Waals surface area contributed by atoms with Crippen molar-refractivity contribution in [2.24, 2.45) is 5.92 Å². The maximum atomic E-state index is 11.4. The van der Waals surface area contributed by atoms with E-state index in [0.717, 1.165) is 17.6 Å². The highest BCUT2D eigenvalue weighted by molar-refractivity contribution is 5.97. The molecular weight excluding hydrogens is 184 g/mol. The molecule has 0 aliphatic heterocycles. The van der Waals surface area contributed by atoms with Gasteiger partial charge in [0.1, 0.15) is 0 Å². The summed E-state index contributed by atoms with van der Waals surface area (Å²) in [5, 5.41) is 0. The van der Waals surface area contributed by atoms with Gasteiger partial charge in [-0.3, -0.25) is 4.79 Å². The predicted octanol–water partition coefficient (Wildman–Crippen LogP) is 3.85. The van der Waals surface area contributed by atoms with Gasteiger partial charge in [0.25, 0.3) is 0 Å². The lowest BCUT2D eigenvalue weighted by Gasteiger charge is -2.18. The van der Waals surface area contributed by atoms with Crippen LogP contribution < -0.4 is 0 Å². The van der Waals surface area contributed by atoms with E-state index in [1.807, 2.05) is 6.92 Å². The summed E-state index contributed by atoms with van der Waals surface area (Å²) in [7, 11) is 0. The Kier molecular flexibility index (Phi) is 5.61. The molecule has 15 heavy (non-hydrogen) atoms. The molecule has 1 atom stereocenters. The van der Waals surface area contributed by atoms with E-state index < -0.39 is 0 Å². The van der Waals surface area contributed by atoms with Crippen molar-refractivity contribution in [3.8, 4) is 0 Å². The molecule has 0 saturated carbocycles. The summed E-state index contributed by atoms with van der Waals surface area (Å²) >= 11 is 0. The minimum Gasteiger partial charge on any atom is -0.295 e. The third kappa shape index (κ3) is 3.35. The van der Waals surface area contributed by atoms with Crippen molar-refractivity contribution in [2.45, 2.75) is 27.2 Å². The van der Waals surface area contributed by atoms with E-state index in [1.54, 1.807) is 19.1 Å².